The molecule has 0 fully saturated rings. The van der Waals surface area contributed by atoms with Crippen molar-refractivity contribution in [1.82, 2.24) is 9.97 Å². The smallest absolute Gasteiger partial charge is 0.160 e. The largest absolute Gasteiger partial charge is 0.456 e. The number of rotatable bonds is 6. The van der Waals surface area contributed by atoms with Crippen molar-refractivity contribution in [2.45, 2.75) is 6.42 Å². The predicted octanol–water partition coefficient (Wildman–Crippen LogP) is 13.9. The van der Waals surface area contributed by atoms with Gasteiger partial charge >= 0.3 is 0 Å². The van der Waals surface area contributed by atoms with E-state index in [4.69, 9.17) is 14.4 Å². The van der Waals surface area contributed by atoms with Crippen molar-refractivity contribution in [3.8, 4) is 78.4 Å². The summed E-state index contributed by atoms with van der Waals surface area (Å²) >= 11 is 0. The Balaban J connectivity index is 1.10. The molecule has 0 atom stereocenters. The van der Waals surface area contributed by atoms with E-state index in [9.17, 15) is 0 Å². The Bertz CT molecular complexity index is 3090. The van der Waals surface area contributed by atoms with Crippen molar-refractivity contribution in [3.63, 3.8) is 0 Å². The molecule has 11 rings (SSSR count). The molecule has 0 saturated carbocycles. The molecular weight excluding hydrogens is 681 g/mol. The Morgan fingerprint density at radius 1 is 0.321 bits per heavy atom. The lowest BCUT2D eigenvalue weighted by atomic mass is 9.92. The highest BCUT2D eigenvalue weighted by atomic mass is 16.3. The number of hydrogen-bond acceptors (Lipinski definition) is 3. The van der Waals surface area contributed by atoms with Gasteiger partial charge in [0.1, 0.15) is 11.2 Å². The van der Waals surface area contributed by atoms with Gasteiger partial charge in [-0.15, -0.1) is 0 Å². The van der Waals surface area contributed by atoms with E-state index in [1.807, 2.05) is 36.4 Å². The van der Waals surface area contributed by atoms with Crippen LogP contribution in [0.5, 0.6) is 0 Å². The second kappa shape index (κ2) is 13.2. The molecular formula is C53H34N2O. The molecule has 0 aliphatic heterocycles. The van der Waals surface area contributed by atoms with Crippen LogP contribution < -0.4 is 0 Å². The quantitative estimate of drug-likeness (QED) is 0.172. The zero-order valence-corrected chi connectivity index (χ0v) is 30.5. The van der Waals surface area contributed by atoms with Crippen molar-refractivity contribution in [2.24, 2.45) is 0 Å². The van der Waals surface area contributed by atoms with E-state index in [1.54, 1.807) is 0 Å². The molecule has 3 heteroatoms. The monoisotopic (exact) mass is 714 g/mol. The van der Waals surface area contributed by atoms with Crippen LogP contribution in [0.25, 0.3) is 100 Å². The highest BCUT2D eigenvalue weighted by Crippen LogP contribution is 2.41. The van der Waals surface area contributed by atoms with Gasteiger partial charge in [0.15, 0.2) is 5.82 Å². The van der Waals surface area contributed by atoms with Crippen LogP contribution in [0.4, 0.5) is 0 Å². The maximum absolute atomic E-state index is 6.23. The lowest BCUT2D eigenvalue weighted by Crippen LogP contribution is -1.96. The van der Waals surface area contributed by atoms with E-state index in [0.29, 0.717) is 5.82 Å². The highest BCUT2D eigenvalue weighted by molar-refractivity contribution is 6.06. The van der Waals surface area contributed by atoms with Gasteiger partial charge in [-0.3, -0.25) is 0 Å². The lowest BCUT2D eigenvalue weighted by Gasteiger charge is -2.14. The summed E-state index contributed by atoms with van der Waals surface area (Å²) < 4.78 is 6.23. The van der Waals surface area contributed by atoms with Gasteiger partial charge in [-0.2, -0.15) is 0 Å². The molecule has 56 heavy (non-hydrogen) atoms. The van der Waals surface area contributed by atoms with E-state index >= 15 is 0 Å². The maximum Gasteiger partial charge on any atom is 0.160 e. The Hall–Kier alpha value is -7.36. The number of furan rings is 1. The molecule has 2 heterocycles. The Labute approximate surface area is 325 Å². The van der Waals surface area contributed by atoms with Crippen molar-refractivity contribution in [3.05, 3.63) is 205 Å². The van der Waals surface area contributed by atoms with Crippen LogP contribution in [-0.2, 0) is 6.42 Å². The molecule has 1 aliphatic carbocycles. The molecule has 0 N–H and O–H groups in total. The minimum Gasteiger partial charge on any atom is -0.456 e. The first-order valence-corrected chi connectivity index (χ1v) is 19.1. The van der Waals surface area contributed by atoms with Crippen LogP contribution >= 0.6 is 0 Å². The van der Waals surface area contributed by atoms with Gasteiger partial charge in [0, 0.05) is 27.5 Å². The zero-order valence-electron chi connectivity index (χ0n) is 30.5. The van der Waals surface area contributed by atoms with Crippen LogP contribution in [0, 0.1) is 0 Å². The van der Waals surface area contributed by atoms with E-state index in [-0.39, 0.29) is 0 Å². The summed E-state index contributed by atoms with van der Waals surface area (Å²) in [6.07, 6.45) is 0.966. The number of hydrogen-bond donors (Lipinski definition) is 0. The number of aromatic nitrogens is 2. The third-order valence-corrected chi connectivity index (χ3v) is 11.1. The van der Waals surface area contributed by atoms with Gasteiger partial charge in [-0.1, -0.05) is 146 Å². The molecule has 10 aromatic rings. The molecule has 1 aliphatic rings. The second-order valence-corrected chi connectivity index (χ2v) is 14.6. The summed E-state index contributed by atoms with van der Waals surface area (Å²) in [6.45, 7) is 0. The Kier molecular flexibility index (Phi) is 7.56. The van der Waals surface area contributed by atoms with Crippen LogP contribution in [0.1, 0.15) is 11.1 Å². The number of para-hydroxylation sites is 1. The summed E-state index contributed by atoms with van der Waals surface area (Å²) in [6, 6.07) is 68.9. The molecule has 0 bridgehead atoms. The van der Waals surface area contributed by atoms with E-state index in [0.717, 1.165) is 73.1 Å². The summed E-state index contributed by atoms with van der Waals surface area (Å²) in [4.78, 5) is 10.4. The fraction of sp³-hybridized carbons (Fsp3) is 0.0189. The standard InChI is InChI=1S/C53H34N2O/c1-3-11-34(12-4-1)35-19-21-36(22-20-35)49-33-50(55-53(54-49)37-13-5-2-6-14-37)44-29-42(38-23-24-41-27-40-15-7-8-16-45(40)47(41)31-38)28-43(30-44)39-25-26-52-48(32-39)46-17-9-10-18-51(46)56-52/h1-26,28-33H,27H2. The normalized spacial score (nSPS) is 11.9. The Morgan fingerprint density at radius 3 is 1.68 bits per heavy atom. The molecule has 0 spiro atoms. The molecule has 0 unspecified atom stereocenters. The molecule has 2 aromatic heterocycles. The third kappa shape index (κ3) is 5.69. The predicted molar refractivity (Wildman–Crippen MR) is 230 cm³/mol. The van der Waals surface area contributed by atoms with Gasteiger partial charge < -0.3 is 4.42 Å². The maximum atomic E-state index is 6.23. The first-order valence-electron chi connectivity index (χ1n) is 19.1. The van der Waals surface area contributed by atoms with Gasteiger partial charge in [-0.05, 0) is 111 Å². The second-order valence-electron chi connectivity index (χ2n) is 14.6. The molecule has 0 saturated heterocycles. The minimum atomic E-state index is 0.692. The molecule has 0 radical (unpaired) electrons. The fourth-order valence-electron chi connectivity index (χ4n) is 8.24. The average molecular weight is 715 g/mol. The average Bonchev–Trinajstić information content (AvgIpc) is 3.84. The number of fused-ring (bicyclic) bond motifs is 6. The van der Waals surface area contributed by atoms with Crippen molar-refractivity contribution < 1.29 is 4.42 Å². The summed E-state index contributed by atoms with van der Waals surface area (Å²) in [5, 5.41) is 2.22. The van der Waals surface area contributed by atoms with Gasteiger partial charge in [0.2, 0.25) is 0 Å². The van der Waals surface area contributed by atoms with Crippen LogP contribution in [0.2, 0.25) is 0 Å². The van der Waals surface area contributed by atoms with Crippen molar-refractivity contribution >= 4 is 21.9 Å². The van der Waals surface area contributed by atoms with E-state index in [2.05, 4.69) is 158 Å². The van der Waals surface area contributed by atoms with Crippen LogP contribution in [0.3, 0.4) is 0 Å². The van der Waals surface area contributed by atoms with Gasteiger partial charge in [-0.25, -0.2) is 9.97 Å². The van der Waals surface area contributed by atoms with E-state index in [1.165, 1.54) is 38.9 Å². The minimum absolute atomic E-state index is 0.692. The summed E-state index contributed by atoms with van der Waals surface area (Å²) in [5.41, 5.74) is 18.8. The fourth-order valence-corrected chi connectivity index (χ4v) is 8.24. The lowest BCUT2D eigenvalue weighted by molar-refractivity contribution is 0.669. The van der Waals surface area contributed by atoms with Crippen molar-refractivity contribution in [1.29, 1.82) is 0 Å². The highest BCUT2D eigenvalue weighted by Gasteiger charge is 2.20. The van der Waals surface area contributed by atoms with Gasteiger partial charge in [0.25, 0.3) is 0 Å². The molecule has 3 nitrogen and oxygen atoms in total. The van der Waals surface area contributed by atoms with Crippen molar-refractivity contribution in [2.75, 3.05) is 0 Å². The first-order chi connectivity index (χ1) is 27.7. The summed E-state index contributed by atoms with van der Waals surface area (Å²) in [5.74, 6) is 0.692. The van der Waals surface area contributed by atoms with Crippen LogP contribution in [0.15, 0.2) is 199 Å². The van der Waals surface area contributed by atoms with Gasteiger partial charge in [0.05, 0.1) is 11.4 Å². The first kappa shape index (κ1) is 32.1. The number of benzene rings is 8. The molecule has 262 valence electrons. The molecule has 0 amide bonds. The van der Waals surface area contributed by atoms with Crippen LogP contribution in [-0.4, -0.2) is 9.97 Å². The van der Waals surface area contributed by atoms with E-state index < -0.39 is 0 Å². The topological polar surface area (TPSA) is 38.9 Å². The molecule has 8 aromatic carbocycles. The third-order valence-electron chi connectivity index (χ3n) is 11.1. The number of nitrogens with zero attached hydrogens (tertiary/aromatic N) is 2. The zero-order chi connectivity index (χ0) is 37.0. The SMILES string of the molecule is c1ccc(-c2ccc(-c3cc(-c4cc(-c5ccc6c(c5)-c5ccccc5C6)cc(-c5ccc6oc7ccccc7c6c5)c4)nc(-c4ccccc4)n3)cc2)cc1. The summed E-state index contributed by atoms with van der Waals surface area (Å²) in [7, 11) is 0. The Morgan fingerprint density at radius 2 is 0.875 bits per heavy atom.